The van der Waals surface area contributed by atoms with E-state index >= 15 is 0 Å². The van der Waals surface area contributed by atoms with E-state index in [-0.39, 0.29) is 5.56 Å². The summed E-state index contributed by atoms with van der Waals surface area (Å²) in [4.78, 5) is 21.8. The summed E-state index contributed by atoms with van der Waals surface area (Å²) in [6.07, 6.45) is 5.35. The molecule has 2 N–H and O–H groups in total. The monoisotopic (exact) mass is 305 g/mol. The predicted molar refractivity (Wildman–Crippen MR) is 88.0 cm³/mol. The molecule has 0 amide bonds. The summed E-state index contributed by atoms with van der Waals surface area (Å²) in [6, 6.07) is 0.486. The molecule has 0 spiro atoms. The van der Waals surface area contributed by atoms with Gasteiger partial charge in [0.25, 0.3) is 5.56 Å². The maximum atomic E-state index is 12.2. The molecule has 1 aliphatic rings. The number of rotatable bonds is 4. The second kappa shape index (κ2) is 5.89. The van der Waals surface area contributed by atoms with Crippen LogP contribution >= 0.6 is 11.3 Å². The average Bonchev–Trinajstić information content (AvgIpc) is 3.06. The summed E-state index contributed by atoms with van der Waals surface area (Å²) >= 11 is 1.61. The normalized spacial score (nSPS) is 17.7. The van der Waals surface area contributed by atoms with Crippen LogP contribution in [0, 0.1) is 19.8 Å². The van der Waals surface area contributed by atoms with E-state index in [0.717, 1.165) is 27.5 Å². The van der Waals surface area contributed by atoms with Gasteiger partial charge in [-0.2, -0.15) is 0 Å². The quantitative estimate of drug-likeness (QED) is 0.911. The van der Waals surface area contributed by atoms with Gasteiger partial charge in [0, 0.05) is 10.9 Å². The van der Waals surface area contributed by atoms with Crippen molar-refractivity contribution in [3.63, 3.8) is 0 Å². The Morgan fingerprint density at radius 1 is 1.38 bits per heavy atom. The highest BCUT2D eigenvalue weighted by molar-refractivity contribution is 7.18. The van der Waals surface area contributed by atoms with Crippen LogP contribution in [0.5, 0.6) is 0 Å². The van der Waals surface area contributed by atoms with E-state index in [9.17, 15) is 4.79 Å². The number of nitrogens with one attached hydrogen (secondary N) is 2. The van der Waals surface area contributed by atoms with Gasteiger partial charge in [-0.25, -0.2) is 4.98 Å². The van der Waals surface area contributed by atoms with Crippen LogP contribution in [0.4, 0.5) is 0 Å². The van der Waals surface area contributed by atoms with Crippen molar-refractivity contribution in [1.82, 2.24) is 15.3 Å². The topological polar surface area (TPSA) is 57.8 Å². The molecule has 114 valence electrons. The lowest BCUT2D eigenvalue weighted by Crippen LogP contribution is -2.32. The van der Waals surface area contributed by atoms with Crippen LogP contribution < -0.4 is 10.9 Å². The van der Waals surface area contributed by atoms with Crippen molar-refractivity contribution < 1.29 is 0 Å². The predicted octanol–water partition coefficient (Wildman–Crippen LogP) is 3.27. The second-order valence-electron chi connectivity index (χ2n) is 6.19. The minimum absolute atomic E-state index is 0.00725. The van der Waals surface area contributed by atoms with Crippen molar-refractivity contribution in [2.24, 2.45) is 5.92 Å². The first kappa shape index (κ1) is 14.7. The van der Waals surface area contributed by atoms with Gasteiger partial charge in [-0.15, -0.1) is 11.3 Å². The molecule has 1 atom stereocenters. The zero-order valence-electron chi connectivity index (χ0n) is 13.0. The van der Waals surface area contributed by atoms with Crippen molar-refractivity contribution in [3.8, 4) is 0 Å². The molecule has 5 heteroatoms. The number of hydrogen-bond donors (Lipinski definition) is 2. The molecule has 4 nitrogen and oxygen atoms in total. The van der Waals surface area contributed by atoms with Gasteiger partial charge < -0.3 is 10.3 Å². The lowest BCUT2D eigenvalue weighted by Gasteiger charge is -2.19. The van der Waals surface area contributed by atoms with Gasteiger partial charge in [0.2, 0.25) is 0 Å². The minimum Gasteiger partial charge on any atom is -0.309 e. The Labute approximate surface area is 129 Å². The molecule has 0 radical (unpaired) electrons. The summed E-state index contributed by atoms with van der Waals surface area (Å²) in [6.45, 7) is 6.91. The molecular formula is C16H23N3OS. The Morgan fingerprint density at radius 3 is 2.81 bits per heavy atom. The number of H-pyrrole nitrogens is 1. The van der Waals surface area contributed by atoms with Crippen LogP contribution in [-0.4, -0.2) is 16.0 Å². The third-order valence-corrected chi connectivity index (χ3v) is 5.89. The van der Waals surface area contributed by atoms with E-state index < -0.39 is 0 Å². The molecule has 0 unspecified atom stereocenters. The maximum Gasteiger partial charge on any atom is 0.259 e. The first-order chi connectivity index (χ1) is 10.1. The van der Waals surface area contributed by atoms with Gasteiger partial charge >= 0.3 is 0 Å². The van der Waals surface area contributed by atoms with Crippen LogP contribution in [0.15, 0.2) is 4.79 Å². The highest BCUT2D eigenvalue weighted by Crippen LogP contribution is 2.28. The van der Waals surface area contributed by atoms with Crippen LogP contribution in [0.2, 0.25) is 0 Å². The van der Waals surface area contributed by atoms with E-state index in [4.69, 9.17) is 0 Å². The first-order valence-corrected chi connectivity index (χ1v) is 8.60. The Balaban J connectivity index is 1.77. The molecule has 0 saturated heterocycles. The number of aryl methyl sites for hydroxylation is 2. The molecule has 2 aromatic rings. The number of aromatic nitrogens is 2. The fourth-order valence-corrected chi connectivity index (χ4v) is 4.31. The molecule has 1 fully saturated rings. The van der Waals surface area contributed by atoms with E-state index in [1.807, 2.05) is 13.8 Å². The smallest absolute Gasteiger partial charge is 0.259 e. The van der Waals surface area contributed by atoms with E-state index in [2.05, 4.69) is 22.2 Å². The Kier molecular flexibility index (Phi) is 4.13. The Bertz CT molecular complexity index is 697. The summed E-state index contributed by atoms with van der Waals surface area (Å²) < 4.78 is 0. The van der Waals surface area contributed by atoms with Crippen molar-refractivity contribution in [2.45, 2.75) is 59.0 Å². The fourth-order valence-electron chi connectivity index (χ4n) is 3.26. The van der Waals surface area contributed by atoms with Crippen molar-refractivity contribution in [2.75, 3.05) is 0 Å². The van der Waals surface area contributed by atoms with Crippen LogP contribution in [0.3, 0.4) is 0 Å². The molecular weight excluding hydrogens is 282 g/mol. The minimum atomic E-state index is -0.00725. The maximum absolute atomic E-state index is 12.2. The van der Waals surface area contributed by atoms with Crippen molar-refractivity contribution in [1.29, 1.82) is 0 Å². The molecule has 3 rings (SSSR count). The van der Waals surface area contributed by atoms with Gasteiger partial charge in [-0.1, -0.05) is 12.8 Å². The molecule has 0 aromatic carbocycles. The van der Waals surface area contributed by atoms with Gasteiger partial charge in [-0.05, 0) is 45.1 Å². The highest BCUT2D eigenvalue weighted by atomic mass is 32.1. The van der Waals surface area contributed by atoms with Gasteiger partial charge in [-0.3, -0.25) is 4.79 Å². The number of fused-ring (bicyclic) bond motifs is 1. The number of thiophene rings is 1. The lowest BCUT2D eigenvalue weighted by atomic mass is 10.00. The molecule has 0 aliphatic heterocycles. The summed E-state index contributed by atoms with van der Waals surface area (Å²) in [5.41, 5.74) is 1.05. The summed E-state index contributed by atoms with van der Waals surface area (Å²) in [5.74, 6) is 1.52. The SMILES string of the molecule is Cc1sc2nc(CN[C@H](C)C3CCCC3)[nH]c(=O)c2c1C. The summed E-state index contributed by atoms with van der Waals surface area (Å²) in [5, 5.41) is 4.28. The molecule has 21 heavy (non-hydrogen) atoms. The first-order valence-electron chi connectivity index (χ1n) is 7.78. The fraction of sp³-hybridized carbons (Fsp3) is 0.625. The van der Waals surface area contributed by atoms with Gasteiger partial charge in [0.1, 0.15) is 10.7 Å². The van der Waals surface area contributed by atoms with Gasteiger partial charge in [0.15, 0.2) is 0 Å². The van der Waals surface area contributed by atoms with Gasteiger partial charge in [0.05, 0.1) is 11.9 Å². The van der Waals surface area contributed by atoms with E-state index in [0.29, 0.717) is 12.6 Å². The number of nitrogens with zero attached hydrogens (tertiary/aromatic N) is 1. The third kappa shape index (κ3) is 2.90. The standard InChI is InChI=1S/C16H23N3OS/c1-9-11(3)21-16-14(9)15(20)18-13(19-16)8-17-10(2)12-6-4-5-7-12/h10,12,17H,4-8H2,1-3H3,(H,18,19,20)/t10-/m1/s1. The summed E-state index contributed by atoms with van der Waals surface area (Å²) in [7, 11) is 0. The molecule has 2 heterocycles. The van der Waals surface area contributed by atoms with Crippen molar-refractivity contribution >= 4 is 21.6 Å². The average molecular weight is 305 g/mol. The molecule has 2 aromatic heterocycles. The molecule has 1 saturated carbocycles. The van der Waals surface area contributed by atoms with Crippen molar-refractivity contribution in [3.05, 3.63) is 26.6 Å². The zero-order chi connectivity index (χ0) is 15.0. The molecule has 0 bridgehead atoms. The van der Waals surface area contributed by atoms with E-state index in [1.165, 1.54) is 30.6 Å². The van der Waals surface area contributed by atoms with Crippen LogP contribution in [-0.2, 0) is 6.54 Å². The van der Waals surface area contributed by atoms with Crippen LogP contribution in [0.1, 0.15) is 48.9 Å². The third-order valence-electron chi connectivity index (χ3n) is 4.79. The highest BCUT2D eigenvalue weighted by Gasteiger charge is 2.21. The lowest BCUT2D eigenvalue weighted by molar-refractivity contribution is 0.377. The molecule has 1 aliphatic carbocycles. The Hall–Kier alpha value is -1.20. The number of hydrogen-bond acceptors (Lipinski definition) is 4. The number of aromatic amines is 1. The second-order valence-corrected chi connectivity index (χ2v) is 7.39. The Morgan fingerprint density at radius 2 is 2.10 bits per heavy atom. The zero-order valence-corrected chi connectivity index (χ0v) is 13.8. The van der Waals surface area contributed by atoms with E-state index in [1.54, 1.807) is 11.3 Å². The largest absolute Gasteiger partial charge is 0.309 e. The van der Waals surface area contributed by atoms with Crippen LogP contribution in [0.25, 0.3) is 10.2 Å².